The second-order valence-electron chi connectivity index (χ2n) is 3.98. The zero-order valence-electron chi connectivity index (χ0n) is 7.16. The van der Waals surface area contributed by atoms with Gasteiger partial charge in [-0.25, -0.2) is 0 Å². The molecular weight excluding hydrogens is 164 g/mol. The zero-order chi connectivity index (χ0) is 9.05. The fourth-order valence-electron chi connectivity index (χ4n) is 2.27. The minimum absolute atomic E-state index is 0.149. The molecule has 0 saturated heterocycles. The molecule has 0 aliphatic heterocycles. The summed E-state index contributed by atoms with van der Waals surface area (Å²) in [5.41, 5.74) is 1.14. The summed E-state index contributed by atoms with van der Waals surface area (Å²) in [5, 5.41) is 9.92. The third-order valence-corrected chi connectivity index (χ3v) is 3.26. The van der Waals surface area contributed by atoms with E-state index in [9.17, 15) is 9.90 Å². The molecule has 1 spiro atoms. The molecule has 13 heavy (non-hydrogen) atoms. The number of benzene rings is 1. The summed E-state index contributed by atoms with van der Waals surface area (Å²) in [4.78, 5) is 11.8. The Kier molecular flexibility index (Phi) is 1.13. The molecule has 2 aliphatic rings. The average Bonchev–Trinajstić information content (AvgIpc) is 2.93. The predicted octanol–water partition coefficient (Wildman–Crippen LogP) is 1.70. The van der Waals surface area contributed by atoms with Gasteiger partial charge in [0.1, 0.15) is 0 Å². The van der Waals surface area contributed by atoms with Crippen LogP contribution in [0.15, 0.2) is 24.3 Å². The molecule has 1 unspecified atom stereocenters. The molecule has 1 fully saturated rings. The SMILES string of the molecule is O=C1c2ccccc2C(O)C12CC2. The second-order valence-corrected chi connectivity index (χ2v) is 3.98. The summed E-state index contributed by atoms with van der Waals surface area (Å²) < 4.78 is 0. The van der Waals surface area contributed by atoms with E-state index in [0.717, 1.165) is 24.0 Å². The van der Waals surface area contributed by atoms with Crippen molar-refractivity contribution in [3.05, 3.63) is 35.4 Å². The quantitative estimate of drug-likeness (QED) is 0.650. The Bertz CT molecular complexity index is 391. The van der Waals surface area contributed by atoms with Gasteiger partial charge in [-0.3, -0.25) is 4.79 Å². The Morgan fingerprint density at radius 1 is 1.31 bits per heavy atom. The number of ketones is 1. The van der Waals surface area contributed by atoms with Crippen molar-refractivity contribution in [2.75, 3.05) is 0 Å². The lowest BCUT2D eigenvalue weighted by Crippen LogP contribution is -2.13. The van der Waals surface area contributed by atoms with Gasteiger partial charge in [0.05, 0.1) is 11.5 Å². The topological polar surface area (TPSA) is 37.3 Å². The van der Waals surface area contributed by atoms with Crippen molar-refractivity contribution in [1.82, 2.24) is 0 Å². The third-order valence-electron chi connectivity index (χ3n) is 3.26. The smallest absolute Gasteiger partial charge is 0.172 e. The predicted molar refractivity (Wildman–Crippen MR) is 47.4 cm³/mol. The number of carbonyl (C=O) groups excluding carboxylic acids is 1. The van der Waals surface area contributed by atoms with Crippen molar-refractivity contribution in [1.29, 1.82) is 0 Å². The van der Waals surface area contributed by atoms with Gasteiger partial charge in [0.25, 0.3) is 0 Å². The van der Waals surface area contributed by atoms with Crippen LogP contribution in [0.1, 0.15) is 34.9 Å². The number of aliphatic hydroxyl groups excluding tert-OH is 1. The van der Waals surface area contributed by atoms with E-state index >= 15 is 0 Å². The highest BCUT2D eigenvalue weighted by Gasteiger charge is 2.60. The van der Waals surface area contributed by atoms with E-state index in [2.05, 4.69) is 0 Å². The van der Waals surface area contributed by atoms with Gasteiger partial charge in [0.15, 0.2) is 5.78 Å². The maximum atomic E-state index is 11.8. The number of rotatable bonds is 0. The second kappa shape index (κ2) is 2.02. The van der Waals surface area contributed by atoms with Gasteiger partial charge in [-0.1, -0.05) is 24.3 Å². The van der Waals surface area contributed by atoms with Crippen LogP contribution in [0.25, 0.3) is 0 Å². The maximum Gasteiger partial charge on any atom is 0.172 e. The molecule has 0 radical (unpaired) electrons. The summed E-state index contributed by atoms with van der Waals surface area (Å²) >= 11 is 0. The number of carbonyl (C=O) groups is 1. The van der Waals surface area contributed by atoms with Gasteiger partial charge in [-0.2, -0.15) is 0 Å². The number of Topliss-reactive ketones (excluding diaryl/α,β-unsaturated/α-hetero) is 1. The summed E-state index contributed by atoms with van der Waals surface area (Å²) in [5.74, 6) is 0.149. The first-order valence-corrected chi connectivity index (χ1v) is 4.57. The van der Waals surface area contributed by atoms with Crippen LogP contribution >= 0.6 is 0 Å². The first kappa shape index (κ1) is 7.27. The Morgan fingerprint density at radius 3 is 2.62 bits per heavy atom. The van der Waals surface area contributed by atoms with Crippen LogP contribution in [0.2, 0.25) is 0 Å². The third kappa shape index (κ3) is 0.700. The summed E-state index contributed by atoms with van der Waals surface area (Å²) in [6.07, 6.45) is 1.15. The molecule has 0 bridgehead atoms. The van der Waals surface area contributed by atoms with Gasteiger partial charge in [-0.15, -0.1) is 0 Å². The molecule has 66 valence electrons. The van der Waals surface area contributed by atoms with Crippen molar-refractivity contribution in [3.8, 4) is 0 Å². The highest BCUT2D eigenvalue weighted by atomic mass is 16.3. The van der Waals surface area contributed by atoms with Crippen LogP contribution in [0, 0.1) is 5.41 Å². The maximum absolute atomic E-state index is 11.8. The summed E-state index contributed by atoms with van der Waals surface area (Å²) in [7, 11) is 0. The van der Waals surface area contributed by atoms with Gasteiger partial charge in [-0.05, 0) is 18.4 Å². The fourth-order valence-corrected chi connectivity index (χ4v) is 2.27. The van der Waals surface area contributed by atoms with E-state index in [1.165, 1.54) is 0 Å². The average molecular weight is 174 g/mol. The van der Waals surface area contributed by atoms with Crippen LogP contribution in [0.3, 0.4) is 0 Å². The molecule has 1 aromatic carbocycles. The molecule has 1 atom stereocenters. The van der Waals surface area contributed by atoms with Crippen molar-refractivity contribution >= 4 is 5.78 Å². The molecule has 1 saturated carbocycles. The molecule has 0 heterocycles. The minimum Gasteiger partial charge on any atom is -0.387 e. The lowest BCUT2D eigenvalue weighted by Gasteiger charge is -2.09. The minimum atomic E-state index is -0.545. The number of hydrogen-bond acceptors (Lipinski definition) is 2. The largest absolute Gasteiger partial charge is 0.387 e. The van der Waals surface area contributed by atoms with E-state index in [1.54, 1.807) is 0 Å². The van der Waals surface area contributed by atoms with Crippen molar-refractivity contribution in [2.45, 2.75) is 18.9 Å². The summed E-state index contributed by atoms with van der Waals surface area (Å²) in [6, 6.07) is 7.39. The van der Waals surface area contributed by atoms with Gasteiger partial charge in [0.2, 0.25) is 0 Å². The van der Waals surface area contributed by atoms with Crippen molar-refractivity contribution in [2.24, 2.45) is 5.41 Å². The Hall–Kier alpha value is -1.15. The molecule has 1 aromatic rings. The fraction of sp³-hybridized carbons (Fsp3) is 0.364. The van der Waals surface area contributed by atoms with E-state index in [0.29, 0.717) is 0 Å². The van der Waals surface area contributed by atoms with Gasteiger partial charge >= 0.3 is 0 Å². The zero-order valence-corrected chi connectivity index (χ0v) is 7.16. The molecule has 2 heteroatoms. The summed E-state index contributed by atoms with van der Waals surface area (Å²) in [6.45, 7) is 0. The van der Waals surface area contributed by atoms with Gasteiger partial charge < -0.3 is 5.11 Å². The lowest BCUT2D eigenvalue weighted by atomic mass is 10.00. The number of aliphatic hydroxyl groups is 1. The Labute approximate surface area is 76.2 Å². The molecule has 0 aromatic heterocycles. The van der Waals surface area contributed by atoms with E-state index in [-0.39, 0.29) is 5.78 Å². The van der Waals surface area contributed by atoms with Crippen LogP contribution in [-0.2, 0) is 0 Å². The van der Waals surface area contributed by atoms with E-state index < -0.39 is 11.5 Å². The van der Waals surface area contributed by atoms with Crippen LogP contribution in [-0.4, -0.2) is 10.9 Å². The Balaban J connectivity index is 2.24. The first-order valence-electron chi connectivity index (χ1n) is 4.57. The van der Waals surface area contributed by atoms with Crippen LogP contribution in [0.4, 0.5) is 0 Å². The Morgan fingerprint density at radius 2 is 2.00 bits per heavy atom. The molecule has 2 aliphatic carbocycles. The first-order chi connectivity index (χ1) is 6.26. The molecule has 0 amide bonds. The molecule has 1 N–H and O–H groups in total. The van der Waals surface area contributed by atoms with Crippen molar-refractivity contribution < 1.29 is 9.90 Å². The van der Waals surface area contributed by atoms with Gasteiger partial charge in [0, 0.05) is 5.56 Å². The standard InChI is InChI=1S/C11H10O2/c12-9-7-3-1-2-4-8(7)10(13)11(9)5-6-11/h1-4,9,12H,5-6H2. The molecule has 2 nitrogen and oxygen atoms in total. The molecular formula is C11H10O2. The van der Waals surface area contributed by atoms with Crippen LogP contribution in [0.5, 0.6) is 0 Å². The van der Waals surface area contributed by atoms with E-state index in [1.807, 2.05) is 24.3 Å². The highest BCUT2D eigenvalue weighted by molar-refractivity contribution is 6.07. The van der Waals surface area contributed by atoms with Crippen LogP contribution < -0.4 is 0 Å². The van der Waals surface area contributed by atoms with Crippen molar-refractivity contribution in [3.63, 3.8) is 0 Å². The molecule has 3 rings (SSSR count). The lowest BCUT2D eigenvalue weighted by molar-refractivity contribution is 0.0696. The monoisotopic (exact) mass is 174 g/mol. The number of fused-ring (bicyclic) bond motifs is 1. The van der Waals surface area contributed by atoms with E-state index in [4.69, 9.17) is 0 Å². The highest BCUT2D eigenvalue weighted by Crippen LogP contribution is 2.61. The number of hydrogen-bond donors (Lipinski definition) is 1. The normalized spacial score (nSPS) is 27.8.